The quantitative estimate of drug-likeness (QED) is 0.326. The average Bonchev–Trinajstić information content (AvgIpc) is 3.47. The van der Waals surface area contributed by atoms with Gasteiger partial charge in [-0.2, -0.15) is 4.52 Å². The minimum absolute atomic E-state index is 0.111. The smallest absolute Gasteiger partial charge is 0.253 e. The number of pyridine rings is 1. The van der Waals surface area contributed by atoms with Crippen molar-refractivity contribution in [2.24, 2.45) is 0 Å². The zero-order chi connectivity index (χ0) is 26.5. The molecule has 5 rings (SSSR count). The first-order valence-corrected chi connectivity index (χ1v) is 12.0. The van der Waals surface area contributed by atoms with Crippen LogP contribution in [0.2, 0.25) is 0 Å². The van der Waals surface area contributed by atoms with Crippen LogP contribution < -0.4 is 20.5 Å². The Hall–Kier alpha value is -4.42. The summed E-state index contributed by atoms with van der Waals surface area (Å²) in [5, 5.41) is 22.0. The summed E-state index contributed by atoms with van der Waals surface area (Å²) >= 11 is 0. The topological polar surface area (TPSA) is 139 Å². The van der Waals surface area contributed by atoms with E-state index in [2.05, 4.69) is 25.7 Å². The van der Waals surface area contributed by atoms with Gasteiger partial charge in [-0.3, -0.25) is 9.78 Å². The first kappa shape index (κ1) is 25.2. The molecule has 38 heavy (non-hydrogen) atoms. The van der Waals surface area contributed by atoms with Crippen LogP contribution in [0, 0.1) is 0 Å². The second-order valence-corrected chi connectivity index (χ2v) is 8.69. The fourth-order valence-corrected chi connectivity index (χ4v) is 3.99. The van der Waals surface area contributed by atoms with Crippen molar-refractivity contribution in [3.8, 4) is 17.4 Å². The highest BCUT2D eigenvalue weighted by atomic mass is 16.5. The summed E-state index contributed by atoms with van der Waals surface area (Å²) < 4.78 is 23.2. The van der Waals surface area contributed by atoms with Gasteiger partial charge in [-0.25, -0.2) is 0 Å². The van der Waals surface area contributed by atoms with Crippen LogP contribution in [0.4, 0.5) is 0 Å². The van der Waals surface area contributed by atoms with Crippen molar-refractivity contribution in [1.29, 1.82) is 0 Å². The van der Waals surface area contributed by atoms with Crippen LogP contribution in [0.25, 0.3) is 29.3 Å². The molecular weight excluding hydrogens is 490 g/mol. The van der Waals surface area contributed by atoms with E-state index >= 15 is 0 Å². The van der Waals surface area contributed by atoms with Gasteiger partial charge in [-0.1, -0.05) is 23.4 Å². The van der Waals surface area contributed by atoms with E-state index in [0.717, 1.165) is 16.9 Å². The Labute approximate surface area is 217 Å². The Morgan fingerprint density at radius 3 is 2.87 bits per heavy atom. The molecule has 0 radical (unpaired) electrons. The molecule has 12 nitrogen and oxygen atoms in total. The summed E-state index contributed by atoms with van der Waals surface area (Å²) in [5.41, 5.74) is 2.15. The number of aromatic nitrogens is 6. The fourth-order valence-electron chi connectivity index (χ4n) is 3.99. The summed E-state index contributed by atoms with van der Waals surface area (Å²) in [6.45, 7) is 2.73. The fraction of sp³-hybridized carbons (Fsp3) is 0.308. The van der Waals surface area contributed by atoms with Crippen LogP contribution in [0.3, 0.4) is 0 Å². The first-order valence-electron chi connectivity index (χ1n) is 12.0. The number of methoxy groups -OCH3 is 2. The SMILES string of the molecule is COCc1cc(-c2nnc3c4c(c(OCc5ccc(C(=O)N[C@H](C)COC)cn5)nn23)=CC=CCC=4)no1. The molecule has 0 unspecified atom stereocenters. The van der Waals surface area contributed by atoms with Gasteiger partial charge in [0.15, 0.2) is 17.1 Å². The molecule has 0 saturated carbocycles. The number of allylic oxidation sites excluding steroid dienone is 2. The molecule has 196 valence electrons. The van der Waals surface area contributed by atoms with Gasteiger partial charge in [-0.05, 0) is 31.6 Å². The summed E-state index contributed by atoms with van der Waals surface area (Å²) in [6.07, 6.45) is 10.2. The number of nitrogens with zero attached hydrogens (tertiary/aromatic N) is 6. The maximum atomic E-state index is 12.4. The van der Waals surface area contributed by atoms with E-state index in [1.54, 1.807) is 36.9 Å². The average molecular weight is 518 g/mol. The van der Waals surface area contributed by atoms with Crippen molar-refractivity contribution >= 4 is 23.7 Å². The standard InChI is InChI=1S/C26H27N7O5/c1-16(13-35-2)28-25(34)17-9-10-18(27-12-17)14-37-26-21-8-6-4-5-7-20(21)23-29-30-24(33(23)31-26)22-11-19(15-36-3)38-32-22/h4,6-12,16H,5,13-15H2,1-3H3,(H,28,34)/t16-/m1/s1. The van der Waals surface area contributed by atoms with Gasteiger partial charge in [0.1, 0.15) is 13.2 Å². The molecule has 0 aliphatic heterocycles. The normalized spacial score (nSPS) is 13.3. The summed E-state index contributed by atoms with van der Waals surface area (Å²) in [5.74, 6) is 1.14. The lowest BCUT2D eigenvalue weighted by atomic mass is 10.2. The van der Waals surface area contributed by atoms with Gasteiger partial charge < -0.3 is 24.1 Å². The number of amides is 1. The number of carbonyl (C=O) groups excluding carboxylic acids is 1. The van der Waals surface area contributed by atoms with Crippen molar-refractivity contribution < 1.29 is 23.5 Å². The third-order valence-corrected chi connectivity index (χ3v) is 5.76. The third-order valence-electron chi connectivity index (χ3n) is 5.76. The molecule has 4 heterocycles. The highest BCUT2D eigenvalue weighted by Crippen LogP contribution is 2.18. The van der Waals surface area contributed by atoms with Crippen molar-refractivity contribution in [3.05, 3.63) is 64.0 Å². The molecule has 0 saturated heterocycles. The maximum absolute atomic E-state index is 12.4. The summed E-state index contributed by atoms with van der Waals surface area (Å²) in [6, 6.07) is 5.09. The minimum Gasteiger partial charge on any atom is -0.470 e. The first-order chi connectivity index (χ1) is 18.6. The van der Waals surface area contributed by atoms with E-state index in [-0.39, 0.29) is 25.2 Å². The molecule has 12 heteroatoms. The van der Waals surface area contributed by atoms with Gasteiger partial charge in [0.25, 0.3) is 5.91 Å². The molecule has 1 aliphatic carbocycles. The Morgan fingerprint density at radius 2 is 2.08 bits per heavy atom. The lowest BCUT2D eigenvalue weighted by Gasteiger charge is -2.12. The predicted octanol–water partition coefficient (Wildman–Crippen LogP) is 1.19. The largest absolute Gasteiger partial charge is 0.470 e. The molecule has 1 atom stereocenters. The summed E-state index contributed by atoms with van der Waals surface area (Å²) in [7, 11) is 3.17. The minimum atomic E-state index is -0.217. The maximum Gasteiger partial charge on any atom is 0.253 e. The Balaban J connectivity index is 1.43. The lowest BCUT2D eigenvalue weighted by Crippen LogP contribution is -2.35. The second kappa shape index (κ2) is 11.3. The van der Waals surface area contributed by atoms with Crippen LogP contribution in [-0.2, 0) is 22.7 Å². The number of hydrogen-bond donors (Lipinski definition) is 1. The number of rotatable bonds is 10. The number of hydrogen-bond acceptors (Lipinski definition) is 10. The van der Waals surface area contributed by atoms with E-state index in [0.29, 0.717) is 46.7 Å². The Morgan fingerprint density at radius 1 is 1.18 bits per heavy atom. The Bertz CT molecular complexity index is 1590. The van der Waals surface area contributed by atoms with Gasteiger partial charge >= 0.3 is 0 Å². The third kappa shape index (κ3) is 5.31. The monoisotopic (exact) mass is 517 g/mol. The van der Waals surface area contributed by atoms with Gasteiger partial charge in [0.05, 0.1) is 17.9 Å². The van der Waals surface area contributed by atoms with E-state index in [1.807, 2.05) is 31.2 Å². The molecule has 0 aromatic carbocycles. The van der Waals surface area contributed by atoms with Crippen LogP contribution in [0.5, 0.6) is 5.88 Å². The molecule has 0 spiro atoms. The van der Waals surface area contributed by atoms with E-state index in [1.165, 1.54) is 6.20 Å². The molecule has 1 N–H and O–H groups in total. The van der Waals surface area contributed by atoms with Gasteiger partial charge in [-0.15, -0.1) is 15.3 Å². The molecular formula is C26H27N7O5. The van der Waals surface area contributed by atoms with Gasteiger partial charge in [0, 0.05) is 43.0 Å². The number of carbonyl (C=O) groups is 1. The predicted molar refractivity (Wildman–Crippen MR) is 136 cm³/mol. The van der Waals surface area contributed by atoms with E-state index in [4.69, 9.17) is 23.8 Å². The number of nitrogens with one attached hydrogen (secondary N) is 1. The van der Waals surface area contributed by atoms with Crippen LogP contribution in [0.15, 0.2) is 41.1 Å². The van der Waals surface area contributed by atoms with Crippen molar-refractivity contribution in [2.45, 2.75) is 32.6 Å². The van der Waals surface area contributed by atoms with Crippen molar-refractivity contribution in [1.82, 2.24) is 35.3 Å². The van der Waals surface area contributed by atoms with E-state index < -0.39 is 0 Å². The summed E-state index contributed by atoms with van der Waals surface area (Å²) in [4.78, 5) is 16.8. The zero-order valence-corrected chi connectivity index (χ0v) is 21.2. The van der Waals surface area contributed by atoms with Crippen LogP contribution >= 0.6 is 0 Å². The lowest BCUT2D eigenvalue weighted by molar-refractivity contribution is 0.0905. The van der Waals surface area contributed by atoms with Crippen molar-refractivity contribution in [2.75, 3.05) is 20.8 Å². The highest BCUT2D eigenvalue weighted by Gasteiger charge is 2.18. The van der Waals surface area contributed by atoms with E-state index in [9.17, 15) is 4.79 Å². The molecule has 4 aromatic rings. The molecule has 1 amide bonds. The zero-order valence-electron chi connectivity index (χ0n) is 21.2. The Kier molecular flexibility index (Phi) is 7.52. The number of fused-ring (bicyclic) bond motifs is 3. The molecule has 4 aromatic heterocycles. The molecule has 1 aliphatic rings. The number of ether oxygens (including phenoxy) is 3. The molecule has 0 fully saturated rings. The highest BCUT2D eigenvalue weighted by molar-refractivity contribution is 5.94. The van der Waals surface area contributed by atoms with Gasteiger partial charge in [0.2, 0.25) is 11.7 Å². The van der Waals surface area contributed by atoms with Crippen LogP contribution in [0.1, 0.15) is 35.2 Å². The van der Waals surface area contributed by atoms with Crippen LogP contribution in [-0.4, -0.2) is 62.7 Å². The molecule has 0 bridgehead atoms. The second-order valence-electron chi connectivity index (χ2n) is 8.69. The van der Waals surface area contributed by atoms with Crippen molar-refractivity contribution in [3.63, 3.8) is 0 Å².